The predicted molar refractivity (Wildman–Crippen MR) is 34.8 cm³/mol. The van der Waals surface area contributed by atoms with Gasteiger partial charge in [-0.15, -0.1) is 0 Å². The average Bonchev–Trinajstić information content (AvgIpc) is 1.82. The molecule has 0 fully saturated rings. The molecule has 0 aliphatic rings. The van der Waals surface area contributed by atoms with Gasteiger partial charge in [-0.2, -0.15) is 0 Å². The fourth-order valence-corrected chi connectivity index (χ4v) is 0.274. The van der Waals surface area contributed by atoms with Crippen LogP contribution < -0.4 is 0 Å². The summed E-state index contributed by atoms with van der Waals surface area (Å²) in [6, 6.07) is 0. The van der Waals surface area contributed by atoms with E-state index in [2.05, 4.69) is 0 Å². The number of hydrogen-bond donors (Lipinski definition) is 0. The first-order valence-corrected chi connectivity index (χ1v) is 2.57. The topological polar surface area (TPSA) is 63.5 Å². The Labute approximate surface area is 58.1 Å². The van der Waals surface area contributed by atoms with E-state index in [0.717, 1.165) is 6.08 Å². The summed E-state index contributed by atoms with van der Waals surface area (Å²) in [6.45, 7) is 0. The minimum atomic E-state index is -0.679. The van der Waals surface area contributed by atoms with Gasteiger partial charge in [0.25, 0.3) is 5.91 Å². The highest BCUT2D eigenvalue weighted by atomic mass is 16.6. The molecule has 0 saturated carbocycles. The smallest absolute Gasteiger partial charge is 0.252 e. The van der Waals surface area contributed by atoms with Gasteiger partial charge in [0, 0.05) is 14.1 Å². The Hall–Kier alpha value is -1.39. The van der Waals surface area contributed by atoms with E-state index >= 15 is 0 Å². The maximum absolute atomic E-state index is 10.6. The Bertz CT molecular complexity index is 174. The fraction of sp³-hybridized carbons (Fsp3) is 0.400. The monoisotopic (exact) mass is 144 g/mol. The van der Waals surface area contributed by atoms with E-state index in [1.165, 1.54) is 19.0 Å². The van der Waals surface area contributed by atoms with Crippen molar-refractivity contribution in [2.24, 2.45) is 0 Å². The summed E-state index contributed by atoms with van der Waals surface area (Å²) in [5.41, 5.74) is 0. The van der Waals surface area contributed by atoms with Crippen LogP contribution in [0, 0.1) is 10.1 Å². The first-order chi connectivity index (χ1) is 4.54. The first-order valence-electron chi connectivity index (χ1n) is 2.57. The largest absolute Gasteiger partial charge is 0.345 e. The van der Waals surface area contributed by atoms with Crippen molar-refractivity contribution in [2.75, 3.05) is 14.1 Å². The second-order valence-corrected chi connectivity index (χ2v) is 1.83. The van der Waals surface area contributed by atoms with E-state index in [9.17, 15) is 14.9 Å². The fourth-order valence-electron chi connectivity index (χ4n) is 0.274. The highest BCUT2D eigenvalue weighted by molar-refractivity contribution is 5.86. The lowest BCUT2D eigenvalue weighted by atomic mass is 10.5. The average molecular weight is 144 g/mol. The summed E-state index contributed by atoms with van der Waals surface area (Å²) in [4.78, 5) is 20.8. The summed E-state index contributed by atoms with van der Waals surface area (Å²) in [6.07, 6.45) is 1.52. The summed E-state index contributed by atoms with van der Waals surface area (Å²) < 4.78 is 0. The highest BCUT2D eigenvalue weighted by Crippen LogP contribution is 1.81. The van der Waals surface area contributed by atoms with Crippen molar-refractivity contribution in [2.45, 2.75) is 0 Å². The molecule has 0 atom stereocenters. The van der Waals surface area contributed by atoms with Gasteiger partial charge in [-0.1, -0.05) is 0 Å². The lowest BCUT2D eigenvalue weighted by Crippen LogP contribution is -2.19. The third-order valence-electron chi connectivity index (χ3n) is 0.780. The second-order valence-electron chi connectivity index (χ2n) is 1.83. The van der Waals surface area contributed by atoms with Gasteiger partial charge < -0.3 is 4.90 Å². The molecule has 0 unspecified atom stereocenters. The van der Waals surface area contributed by atoms with E-state index in [4.69, 9.17) is 0 Å². The molecule has 0 spiro atoms. The van der Waals surface area contributed by atoms with Crippen molar-refractivity contribution >= 4 is 5.91 Å². The van der Waals surface area contributed by atoms with Crippen LogP contribution in [0.3, 0.4) is 0 Å². The maximum atomic E-state index is 10.6. The molecule has 0 heterocycles. The third-order valence-corrected chi connectivity index (χ3v) is 0.780. The van der Waals surface area contributed by atoms with E-state index in [1.807, 2.05) is 0 Å². The lowest BCUT2D eigenvalue weighted by molar-refractivity contribution is -0.402. The van der Waals surface area contributed by atoms with E-state index < -0.39 is 10.8 Å². The Morgan fingerprint density at radius 2 is 2.10 bits per heavy atom. The summed E-state index contributed by atoms with van der Waals surface area (Å²) in [7, 11) is 3.04. The number of carbonyl (C=O) groups is 1. The molecule has 56 valence electrons. The number of likely N-dealkylation sites (N-methyl/N-ethyl adjacent to an activating group) is 1. The summed E-state index contributed by atoms with van der Waals surface area (Å²) in [5, 5.41) is 9.67. The van der Waals surface area contributed by atoms with Crippen LogP contribution in [0.15, 0.2) is 12.3 Å². The van der Waals surface area contributed by atoms with Crippen molar-refractivity contribution in [3.05, 3.63) is 22.4 Å². The van der Waals surface area contributed by atoms with Crippen LogP contribution in [0.5, 0.6) is 0 Å². The normalized spacial score (nSPS) is 9.80. The Morgan fingerprint density at radius 1 is 1.60 bits per heavy atom. The van der Waals surface area contributed by atoms with E-state index in [-0.39, 0.29) is 0 Å². The van der Waals surface area contributed by atoms with Crippen molar-refractivity contribution in [1.82, 2.24) is 4.90 Å². The maximum Gasteiger partial charge on any atom is 0.252 e. The third kappa shape index (κ3) is 3.59. The zero-order chi connectivity index (χ0) is 8.15. The van der Waals surface area contributed by atoms with Crippen LogP contribution >= 0.6 is 0 Å². The van der Waals surface area contributed by atoms with Gasteiger partial charge in [-0.05, 0) is 0 Å². The van der Waals surface area contributed by atoms with Crippen LogP contribution in [0.4, 0.5) is 0 Å². The molecule has 0 N–H and O–H groups in total. The van der Waals surface area contributed by atoms with E-state index in [0.29, 0.717) is 6.20 Å². The molecule has 0 bridgehead atoms. The molecule has 0 saturated heterocycles. The predicted octanol–water partition coefficient (Wildman–Crippen LogP) is -0.135. The van der Waals surface area contributed by atoms with Crippen molar-refractivity contribution in [1.29, 1.82) is 0 Å². The van der Waals surface area contributed by atoms with Crippen molar-refractivity contribution in [3.63, 3.8) is 0 Å². The molecular weight excluding hydrogens is 136 g/mol. The number of nitro groups is 1. The highest BCUT2D eigenvalue weighted by Gasteiger charge is 1.98. The Kier molecular flexibility index (Phi) is 3.10. The van der Waals surface area contributed by atoms with Gasteiger partial charge in [0.1, 0.15) is 0 Å². The number of nitrogens with zero attached hydrogens (tertiary/aromatic N) is 2. The SMILES string of the molecule is CN(C)C(=O)/C=C/[N+](=O)[O-]. The van der Waals surface area contributed by atoms with Gasteiger partial charge in [0.2, 0.25) is 6.20 Å². The van der Waals surface area contributed by atoms with Gasteiger partial charge >= 0.3 is 0 Å². The van der Waals surface area contributed by atoms with Gasteiger partial charge in [-0.3, -0.25) is 14.9 Å². The van der Waals surface area contributed by atoms with Crippen LogP contribution in [-0.2, 0) is 4.79 Å². The molecule has 0 aliphatic heterocycles. The molecule has 0 aliphatic carbocycles. The summed E-state index contributed by atoms with van der Waals surface area (Å²) in [5.74, 6) is -0.392. The Morgan fingerprint density at radius 3 is 2.40 bits per heavy atom. The zero-order valence-corrected chi connectivity index (χ0v) is 5.77. The van der Waals surface area contributed by atoms with Gasteiger partial charge in [0.05, 0.1) is 11.0 Å². The van der Waals surface area contributed by atoms with Gasteiger partial charge in [-0.25, -0.2) is 0 Å². The van der Waals surface area contributed by atoms with Gasteiger partial charge in [0.15, 0.2) is 0 Å². The minimum absolute atomic E-state index is 0.392. The van der Waals surface area contributed by atoms with Crippen LogP contribution in [0.1, 0.15) is 0 Å². The zero-order valence-electron chi connectivity index (χ0n) is 5.77. The molecule has 1 amide bonds. The number of hydrogen-bond acceptors (Lipinski definition) is 3. The van der Waals surface area contributed by atoms with E-state index in [1.54, 1.807) is 0 Å². The first kappa shape index (κ1) is 8.61. The molecule has 5 nitrogen and oxygen atoms in total. The molecular formula is C5H8N2O3. The molecule has 0 aromatic carbocycles. The number of rotatable bonds is 2. The van der Waals surface area contributed by atoms with Crippen LogP contribution in [0.25, 0.3) is 0 Å². The van der Waals surface area contributed by atoms with Crippen molar-refractivity contribution < 1.29 is 9.72 Å². The Balaban J connectivity index is 3.90. The van der Waals surface area contributed by atoms with Crippen LogP contribution in [-0.4, -0.2) is 29.8 Å². The second kappa shape index (κ2) is 3.60. The standard InChI is InChI=1S/C5H8N2O3/c1-6(2)5(8)3-4-7(9)10/h3-4H,1-2H3/b4-3+. The molecule has 0 rings (SSSR count). The molecule has 10 heavy (non-hydrogen) atoms. The van der Waals surface area contributed by atoms with Crippen LogP contribution in [0.2, 0.25) is 0 Å². The van der Waals surface area contributed by atoms with Crippen molar-refractivity contribution in [3.8, 4) is 0 Å². The molecule has 0 aromatic heterocycles. The number of amides is 1. The molecule has 5 heteroatoms. The molecule has 0 radical (unpaired) electrons. The number of carbonyl (C=O) groups excluding carboxylic acids is 1. The quantitative estimate of drug-likeness (QED) is 0.308. The molecule has 0 aromatic rings. The minimum Gasteiger partial charge on any atom is -0.345 e. The summed E-state index contributed by atoms with van der Waals surface area (Å²) >= 11 is 0. The lowest BCUT2D eigenvalue weighted by Gasteiger charge is -2.03.